The van der Waals surface area contributed by atoms with Crippen molar-refractivity contribution < 1.29 is 10.2 Å². The van der Waals surface area contributed by atoms with Gasteiger partial charge in [-0.25, -0.2) is 0 Å². The molecule has 0 radical (unpaired) electrons. The molecule has 1 aliphatic rings. The SMILES string of the molecule is CCC(CO)(CO)N1CCC1C. The number of nitrogens with zero attached hydrogens (tertiary/aromatic N) is 1. The summed E-state index contributed by atoms with van der Waals surface area (Å²) in [5.41, 5.74) is -0.363. The van der Waals surface area contributed by atoms with E-state index in [4.69, 9.17) is 0 Å². The Hall–Kier alpha value is -0.120. The van der Waals surface area contributed by atoms with Crippen molar-refractivity contribution >= 4 is 0 Å². The molecule has 1 unspecified atom stereocenters. The van der Waals surface area contributed by atoms with E-state index >= 15 is 0 Å². The lowest BCUT2D eigenvalue weighted by Gasteiger charge is -2.51. The van der Waals surface area contributed by atoms with Gasteiger partial charge in [0.25, 0.3) is 0 Å². The van der Waals surface area contributed by atoms with E-state index in [0.29, 0.717) is 6.04 Å². The van der Waals surface area contributed by atoms with Crippen molar-refractivity contribution in [2.24, 2.45) is 0 Å². The van der Waals surface area contributed by atoms with E-state index in [1.807, 2.05) is 6.92 Å². The highest BCUT2D eigenvalue weighted by atomic mass is 16.3. The fraction of sp³-hybridized carbons (Fsp3) is 1.00. The third-order valence-electron chi connectivity index (χ3n) is 3.18. The van der Waals surface area contributed by atoms with Crippen LogP contribution in [0, 0.1) is 0 Å². The normalized spacial score (nSPS) is 25.5. The molecule has 3 heteroatoms. The maximum Gasteiger partial charge on any atom is 0.0672 e. The van der Waals surface area contributed by atoms with E-state index in [9.17, 15) is 10.2 Å². The van der Waals surface area contributed by atoms with Crippen LogP contribution in [0.1, 0.15) is 26.7 Å². The van der Waals surface area contributed by atoms with Crippen molar-refractivity contribution in [2.75, 3.05) is 19.8 Å². The molecule has 1 fully saturated rings. The second kappa shape index (κ2) is 3.73. The number of hydrogen-bond donors (Lipinski definition) is 2. The fourth-order valence-electron chi connectivity index (χ4n) is 1.88. The van der Waals surface area contributed by atoms with E-state index in [0.717, 1.165) is 13.0 Å². The van der Waals surface area contributed by atoms with Crippen LogP contribution in [0.3, 0.4) is 0 Å². The first-order valence-corrected chi connectivity index (χ1v) is 4.68. The highest BCUT2D eigenvalue weighted by Crippen LogP contribution is 2.29. The van der Waals surface area contributed by atoms with Gasteiger partial charge in [0.2, 0.25) is 0 Å². The van der Waals surface area contributed by atoms with Gasteiger partial charge >= 0.3 is 0 Å². The van der Waals surface area contributed by atoms with Gasteiger partial charge in [-0.2, -0.15) is 0 Å². The van der Waals surface area contributed by atoms with Crippen LogP contribution in [-0.4, -0.2) is 46.5 Å². The van der Waals surface area contributed by atoms with Crippen LogP contribution < -0.4 is 0 Å². The summed E-state index contributed by atoms with van der Waals surface area (Å²) in [7, 11) is 0. The average molecular weight is 173 g/mol. The second-order valence-corrected chi connectivity index (χ2v) is 3.73. The molecule has 0 aromatic heterocycles. The Balaban J connectivity index is 2.63. The van der Waals surface area contributed by atoms with Gasteiger partial charge in [-0.3, -0.25) is 4.90 Å². The molecule has 1 heterocycles. The minimum atomic E-state index is -0.363. The van der Waals surface area contributed by atoms with Crippen LogP contribution >= 0.6 is 0 Å². The van der Waals surface area contributed by atoms with Gasteiger partial charge in [-0.05, 0) is 19.8 Å². The molecule has 12 heavy (non-hydrogen) atoms. The molecule has 1 saturated heterocycles. The summed E-state index contributed by atoms with van der Waals surface area (Å²) in [5.74, 6) is 0. The van der Waals surface area contributed by atoms with Gasteiger partial charge in [0.1, 0.15) is 0 Å². The number of rotatable bonds is 4. The summed E-state index contributed by atoms with van der Waals surface area (Å²) in [5, 5.41) is 18.5. The van der Waals surface area contributed by atoms with E-state index in [-0.39, 0.29) is 18.8 Å². The largest absolute Gasteiger partial charge is 0.394 e. The summed E-state index contributed by atoms with van der Waals surface area (Å²) < 4.78 is 0. The molecule has 1 atom stereocenters. The van der Waals surface area contributed by atoms with E-state index in [1.165, 1.54) is 6.42 Å². The average Bonchev–Trinajstić information content (AvgIpc) is 2.11. The minimum Gasteiger partial charge on any atom is -0.394 e. The van der Waals surface area contributed by atoms with Gasteiger partial charge in [0.05, 0.1) is 18.8 Å². The molecule has 0 bridgehead atoms. The first-order chi connectivity index (χ1) is 5.70. The van der Waals surface area contributed by atoms with Crippen LogP contribution in [0.25, 0.3) is 0 Å². The number of likely N-dealkylation sites (tertiary alicyclic amines) is 1. The predicted octanol–water partition coefficient (Wildman–Crippen LogP) is 0.214. The highest BCUT2D eigenvalue weighted by molar-refractivity contribution is 4.96. The predicted molar refractivity (Wildman–Crippen MR) is 48.0 cm³/mol. The molecule has 0 spiro atoms. The van der Waals surface area contributed by atoms with Gasteiger partial charge in [-0.1, -0.05) is 6.92 Å². The Labute approximate surface area is 74.0 Å². The standard InChI is InChI=1S/C9H19NO2/c1-3-9(6-11,7-12)10-5-4-8(10)2/h8,11-12H,3-7H2,1-2H3. The Morgan fingerprint density at radius 3 is 2.08 bits per heavy atom. The first-order valence-electron chi connectivity index (χ1n) is 4.68. The topological polar surface area (TPSA) is 43.7 Å². The summed E-state index contributed by atoms with van der Waals surface area (Å²) in [4.78, 5) is 2.20. The number of hydrogen-bond acceptors (Lipinski definition) is 3. The van der Waals surface area contributed by atoms with E-state index in [1.54, 1.807) is 0 Å². The molecule has 0 aromatic rings. The summed E-state index contributed by atoms with van der Waals surface area (Å²) >= 11 is 0. The third kappa shape index (κ3) is 1.37. The van der Waals surface area contributed by atoms with Crippen LogP contribution in [0.4, 0.5) is 0 Å². The molecule has 72 valence electrons. The zero-order valence-corrected chi connectivity index (χ0v) is 7.95. The molecule has 1 rings (SSSR count). The molecular formula is C9H19NO2. The summed E-state index contributed by atoms with van der Waals surface area (Å²) in [6.07, 6.45) is 1.99. The molecule has 0 saturated carbocycles. The van der Waals surface area contributed by atoms with Crippen molar-refractivity contribution in [1.29, 1.82) is 0 Å². The van der Waals surface area contributed by atoms with Crippen LogP contribution in [0.5, 0.6) is 0 Å². The zero-order chi connectivity index (χ0) is 9.19. The van der Waals surface area contributed by atoms with Crippen LogP contribution in [-0.2, 0) is 0 Å². The Kier molecular flexibility index (Phi) is 3.09. The molecule has 0 amide bonds. The number of aliphatic hydroxyl groups excluding tert-OH is 2. The van der Waals surface area contributed by atoms with Crippen molar-refractivity contribution in [3.05, 3.63) is 0 Å². The maximum absolute atomic E-state index is 9.23. The smallest absolute Gasteiger partial charge is 0.0672 e. The molecular weight excluding hydrogens is 154 g/mol. The summed E-state index contributed by atoms with van der Waals surface area (Å²) in [6, 6.07) is 0.518. The quantitative estimate of drug-likeness (QED) is 0.639. The van der Waals surface area contributed by atoms with Gasteiger partial charge in [0, 0.05) is 12.6 Å². The number of aliphatic hydroxyl groups is 2. The van der Waals surface area contributed by atoms with Gasteiger partial charge in [-0.15, -0.1) is 0 Å². The lowest BCUT2D eigenvalue weighted by molar-refractivity contribution is -0.0799. The minimum absolute atomic E-state index is 0.0599. The molecule has 2 N–H and O–H groups in total. The lowest BCUT2D eigenvalue weighted by atomic mass is 9.88. The summed E-state index contributed by atoms with van der Waals surface area (Å²) in [6.45, 7) is 5.28. The molecule has 0 aromatic carbocycles. The van der Waals surface area contributed by atoms with Crippen molar-refractivity contribution in [1.82, 2.24) is 4.90 Å². The fourth-order valence-corrected chi connectivity index (χ4v) is 1.88. The molecule has 0 aliphatic carbocycles. The van der Waals surface area contributed by atoms with Gasteiger partial charge in [0.15, 0.2) is 0 Å². The third-order valence-corrected chi connectivity index (χ3v) is 3.18. The molecule has 3 nitrogen and oxygen atoms in total. The monoisotopic (exact) mass is 173 g/mol. The Morgan fingerprint density at radius 1 is 1.42 bits per heavy atom. The Bertz CT molecular complexity index is 137. The maximum atomic E-state index is 9.23. The van der Waals surface area contributed by atoms with E-state index in [2.05, 4.69) is 11.8 Å². The van der Waals surface area contributed by atoms with Crippen LogP contribution in [0.15, 0.2) is 0 Å². The van der Waals surface area contributed by atoms with Gasteiger partial charge < -0.3 is 10.2 Å². The highest BCUT2D eigenvalue weighted by Gasteiger charge is 2.41. The van der Waals surface area contributed by atoms with E-state index < -0.39 is 0 Å². The lowest BCUT2D eigenvalue weighted by Crippen LogP contribution is -2.63. The Morgan fingerprint density at radius 2 is 2.00 bits per heavy atom. The van der Waals surface area contributed by atoms with Crippen LogP contribution in [0.2, 0.25) is 0 Å². The first kappa shape index (κ1) is 9.96. The zero-order valence-electron chi connectivity index (χ0n) is 7.95. The van der Waals surface area contributed by atoms with Crippen molar-refractivity contribution in [3.63, 3.8) is 0 Å². The second-order valence-electron chi connectivity index (χ2n) is 3.73. The van der Waals surface area contributed by atoms with Crippen molar-refractivity contribution in [2.45, 2.75) is 38.3 Å². The molecule has 1 aliphatic heterocycles. The van der Waals surface area contributed by atoms with Crippen molar-refractivity contribution in [3.8, 4) is 0 Å².